The summed E-state index contributed by atoms with van der Waals surface area (Å²) in [7, 11) is 0. The van der Waals surface area contributed by atoms with E-state index in [0.29, 0.717) is 24.6 Å². The number of amides is 1. The number of benzene rings is 2. The average molecular weight is 492 g/mol. The number of carbonyl (C=O) groups is 1. The molecular formula is C29H38FN5O. The highest BCUT2D eigenvalue weighted by Gasteiger charge is 2.28. The first kappa shape index (κ1) is 25.9. The van der Waals surface area contributed by atoms with Crippen molar-refractivity contribution in [2.45, 2.75) is 40.7 Å². The Morgan fingerprint density at radius 2 is 1.69 bits per heavy atom. The van der Waals surface area contributed by atoms with Gasteiger partial charge in [0, 0.05) is 43.9 Å². The Morgan fingerprint density at radius 1 is 1.03 bits per heavy atom. The number of nitrogens with zero attached hydrogens (tertiary/aromatic N) is 5. The van der Waals surface area contributed by atoms with E-state index in [1.165, 1.54) is 12.1 Å². The third-order valence-corrected chi connectivity index (χ3v) is 6.98. The fraction of sp³-hybridized carbons (Fsp3) is 0.448. The fourth-order valence-corrected chi connectivity index (χ4v) is 4.71. The normalized spacial score (nSPS) is 14.4. The third-order valence-electron chi connectivity index (χ3n) is 6.98. The lowest BCUT2D eigenvalue weighted by Crippen LogP contribution is -2.47. The molecule has 192 valence electrons. The second kappa shape index (κ2) is 11.7. The molecule has 0 bridgehead atoms. The minimum absolute atomic E-state index is 0.0794. The van der Waals surface area contributed by atoms with Gasteiger partial charge in [-0.05, 0) is 62.2 Å². The van der Waals surface area contributed by atoms with Crippen LogP contribution in [0, 0.1) is 18.7 Å². The van der Waals surface area contributed by atoms with Gasteiger partial charge in [0.1, 0.15) is 11.6 Å². The minimum atomic E-state index is -0.339. The molecule has 1 aliphatic heterocycles. The lowest BCUT2D eigenvalue weighted by atomic mass is 10.1. The van der Waals surface area contributed by atoms with Crippen molar-refractivity contribution in [2.24, 2.45) is 5.92 Å². The first-order valence-corrected chi connectivity index (χ1v) is 13.0. The van der Waals surface area contributed by atoms with Crippen molar-refractivity contribution in [2.75, 3.05) is 44.2 Å². The number of piperazine rings is 1. The Hall–Kier alpha value is -3.19. The number of rotatable bonds is 9. The van der Waals surface area contributed by atoms with Gasteiger partial charge in [-0.2, -0.15) is 5.10 Å². The van der Waals surface area contributed by atoms with Crippen molar-refractivity contribution >= 4 is 11.7 Å². The van der Waals surface area contributed by atoms with E-state index in [1.54, 1.807) is 12.1 Å². The molecule has 1 fully saturated rings. The predicted molar refractivity (Wildman–Crippen MR) is 143 cm³/mol. The maximum Gasteiger partial charge on any atom is 0.254 e. The fourth-order valence-electron chi connectivity index (χ4n) is 4.71. The zero-order valence-corrected chi connectivity index (χ0v) is 22.0. The molecule has 36 heavy (non-hydrogen) atoms. The topological polar surface area (TPSA) is 44.6 Å². The molecule has 2 heterocycles. The highest BCUT2D eigenvalue weighted by atomic mass is 19.1. The molecule has 4 rings (SSSR count). The van der Waals surface area contributed by atoms with Crippen LogP contribution in [-0.4, -0.2) is 64.8 Å². The van der Waals surface area contributed by atoms with Crippen LogP contribution in [-0.2, 0) is 6.54 Å². The highest BCUT2D eigenvalue weighted by Crippen LogP contribution is 2.30. The molecule has 0 unspecified atom stereocenters. The van der Waals surface area contributed by atoms with Crippen molar-refractivity contribution in [3.05, 3.63) is 77.2 Å². The van der Waals surface area contributed by atoms with Gasteiger partial charge in [-0.15, -0.1) is 0 Å². The van der Waals surface area contributed by atoms with Crippen LogP contribution in [0.2, 0.25) is 0 Å². The summed E-state index contributed by atoms with van der Waals surface area (Å²) < 4.78 is 15.6. The second-order valence-electron chi connectivity index (χ2n) is 9.97. The van der Waals surface area contributed by atoms with E-state index in [2.05, 4.69) is 42.7 Å². The van der Waals surface area contributed by atoms with Gasteiger partial charge in [0.2, 0.25) is 0 Å². The van der Waals surface area contributed by atoms with Gasteiger partial charge in [0.25, 0.3) is 5.91 Å². The van der Waals surface area contributed by atoms with Crippen LogP contribution < -0.4 is 4.90 Å². The standard InChI is InChI=1S/C29H38FN5O/c1-5-32-17-19-33(20-18-32)28-27(23(4)31-35(28)26-9-7-6-8-10-26)21-34(16-15-22(2)3)29(36)24-11-13-25(30)14-12-24/h6-14,22H,5,15-21H2,1-4H3. The van der Waals surface area contributed by atoms with Crippen molar-refractivity contribution < 1.29 is 9.18 Å². The summed E-state index contributed by atoms with van der Waals surface area (Å²) in [5, 5.41) is 4.96. The van der Waals surface area contributed by atoms with E-state index in [-0.39, 0.29) is 11.7 Å². The first-order chi connectivity index (χ1) is 17.4. The Kier molecular flexibility index (Phi) is 8.41. The van der Waals surface area contributed by atoms with Crippen LogP contribution >= 0.6 is 0 Å². The maximum absolute atomic E-state index is 13.6. The van der Waals surface area contributed by atoms with Gasteiger partial charge in [0.15, 0.2) is 0 Å². The molecule has 3 aromatic rings. The highest BCUT2D eigenvalue weighted by molar-refractivity contribution is 5.94. The summed E-state index contributed by atoms with van der Waals surface area (Å²) in [5.41, 5.74) is 3.51. The Labute approximate surface area is 214 Å². The molecule has 0 spiro atoms. The van der Waals surface area contributed by atoms with Crippen LogP contribution in [0.5, 0.6) is 0 Å². The van der Waals surface area contributed by atoms with Gasteiger partial charge < -0.3 is 14.7 Å². The average Bonchev–Trinajstić information content (AvgIpc) is 3.22. The van der Waals surface area contributed by atoms with Crippen LogP contribution in [0.4, 0.5) is 10.2 Å². The molecule has 1 saturated heterocycles. The minimum Gasteiger partial charge on any atom is -0.354 e. The Bertz CT molecular complexity index is 1130. The number of para-hydroxylation sites is 1. The number of aromatic nitrogens is 2. The number of hydrogen-bond acceptors (Lipinski definition) is 4. The maximum atomic E-state index is 13.6. The van der Waals surface area contributed by atoms with E-state index < -0.39 is 0 Å². The second-order valence-corrected chi connectivity index (χ2v) is 9.97. The quantitative estimate of drug-likeness (QED) is 0.415. The molecule has 1 aliphatic rings. The lowest BCUT2D eigenvalue weighted by molar-refractivity contribution is 0.0735. The third kappa shape index (κ3) is 5.95. The molecule has 0 atom stereocenters. The SMILES string of the molecule is CCN1CCN(c2c(CN(CCC(C)C)C(=O)c3ccc(F)cc3)c(C)nn2-c2ccccc2)CC1. The zero-order chi connectivity index (χ0) is 25.7. The largest absolute Gasteiger partial charge is 0.354 e. The van der Waals surface area contributed by atoms with Crippen LogP contribution in [0.25, 0.3) is 5.69 Å². The molecule has 6 nitrogen and oxygen atoms in total. The van der Waals surface area contributed by atoms with E-state index in [1.807, 2.05) is 34.7 Å². The van der Waals surface area contributed by atoms with Crippen molar-refractivity contribution in [1.29, 1.82) is 0 Å². The summed E-state index contributed by atoms with van der Waals surface area (Å²) in [4.78, 5) is 20.4. The molecule has 0 aliphatic carbocycles. The van der Waals surface area contributed by atoms with Crippen molar-refractivity contribution in [1.82, 2.24) is 19.6 Å². The summed E-state index contributed by atoms with van der Waals surface area (Å²) in [6.07, 6.45) is 0.892. The summed E-state index contributed by atoms with van der Waals surface area (Å²) in [6, 6.07) is 16.1. The molecule has 7 heteroatoms. The van der Waals surface area contributed by atoms with E-state index in [4.69, 9.17) is 5.10 Å². The van der Waals surface area contributed by atoms with Gasteiger partial charge in [-0.25, -0.2) is 9.07 Å². The van der Waals surface area contributed by atoms with Gasteiger partial charge in [-0.1, -0.05) is 39.0 Å². The number of halogens is 1. The molecule has 1 aromatic heterocycles. The summed E-state index contributed by atoms with van der Waals surface area (Å²) in [6.45, 7) is 14.5. The zero-order valence-electron chi connectivity index (χ0n) is 22.0. The van der Waals surface area contributed by atoms with Crippen LogP contribution in [0.1, 0.15) is 48.8 Å². The molecule has 2 aromatic carbocycles. The van der Waals surface area contributed by atoms with Crippen molar-refractivity contribution in [3.8, 4) is 5.69 Å². The van der Waals surface area contributed by atoms with E-state index >= 15 is 0 Å². The molecule has 0 saturated carbocycles. The molecule has 1 amide bonds. The number of aryl methyl sites for hydroxylation is 1. The summed E-state index contributed by atoms with van der Waals surface area (Å²) in [5.74, 6) is 1.11. The Balaban J connectivity index is 1.72. The number of anilines is 1. The van der Waals surface area contributed by atoms with Gasteiger partial charge in [-0.3, -0.25) is 4.79 Å². The summed E-state index contributed by atoms with van der Waals surface area (Å²) >= 11 is 0. The monoisotopic (exact) mass is 491 g/mol. The molecular weight excluding hydrogens is 453 g/mol. The molecule has 0 radical (unpaired) electrons. The lowest BCUT2D eigenvalue weighted by Gasteiger charge is -2.36. The number of likely N-dealkylation sites (N-methyl/N-ethyl adjacent to an activating group) is 1. The Morgan fingerprint density at radius 3 is 2.31 bits per heavy atom. The van der Waals surface area contributed by atoms with E-state index in [9.17, 15) is 9.18 Å². The van der Waals surface area contributed by atoms with Gasteiger partial charge >= 0.3 is 0 Å². The van der Waals surface area contributed by atoms with Crippen LogP contribution in [0.3, 0.4) is 0 Å². The first-order valence-electron chi connectivity index (χ1n) is 13.0. The number of carbonyl (C=O) groups excluding carboxylic acids is 1. The van der Waals surface area contributed by atoms with Gasteiger partial charge in [0.05, 0.1) is 17.9 Å². The van der Waals surface area contributed by atoms with E-state index in [0.717, 1.165) is 61.9 Å². The van der Waals surface area contributed by atoms with Crippen LogP contribution in [0.15, 0.2) is 54.6 Å². The smallest absolute Gasteiger partial charge is 0.254 e. The molecule has 0 N–H and O–H groups in total. The number of hydrogen-bond donors (Lipinski definition) is 0. The van der Waals surface area contributed by atoms with Crippen molar-refractivity contribution in [3.63, 3.8) is 0 Å². The predicted octanol–water partition coefficient (Wildman–Crippen LogP) is 5.15.